The van der Waals surface area contributed by atoms with Gasteiger partial charge < -0.3 is 10.1 Å². The molecule has 4 heteroatoms. The first-order valence-corrected chi connectivity index (χ1v) is 7.59. The Bertz CT molecular complexity index is 536. The second-order valence-electron chi connectivity index (χ2n) is 5.38. The minimum absolute atomic E-state index is 0.292. The molecule has 21 heavy (non-hydrogen) atoms. The number of aromatic nitrogens is 2. The predicted molar refractivity (Wildman–Crippen MR) is 85.7 cm³/mol. The molecule has 1 unspecified atom stereocenters. The minimum Gasteiger partial charge on any atom is -0.492 e. The molecule has 2 rings (SSSR count). The molecule has 0 aliphatic carbocycles. The Labute approximate surface area is 127 Å². The third-order valence-electron chi connectivity index (χ3n) is 3.43. The molecule has 0 saturated carbocycles. The van der Waals surface area contributed by atoms with E-state index in [2.05, 4.69) is 23.4 Å². The summed E-state index contributed by atoms with van der Waals surface area (Å²) < 4.78 is 7.85. The van der Waals surface area contributed by atoms with Gasteiger partial charge in [0.25, 0.3) is 0 Å². The van der Waals surface area contributed by atoms with Gasteiger partial charge in [-0.15, -0.1) is 0 Å². The van der Waals surface area contributed by atoms with Crippen molar-refractivity contribution in [1.82, 2.24) is 15.1 Å². The van der Waals surface area contributed by atoms with E-state index in [1.54, 1.807) is 0 Å². The summed E-state index contributed by atoms with van der Waals surface area (Å²) in [6, 6.07) is 12.4. The summed E-state index contributed by atoms with van der Waals surface area (Å²) in [6.45, 7) is 5.86. The van der Waals surface area contributed by atoms with Crippen LogP contribution in [0.25, 0.3) is 0 Å². The average Bonchev–Trinajstić information content (AvgIpc) is 2.80. The smallest absolute Gasteiger partial charge is 0.119 e. The molecule has 1 aromatic carbocycles. The van der Waals surface area contributed by atoms with Crippen molar-refractivity contribution in [3.63, 3.8) is 0 Å². The Morgan fingerprint density at radius 2 is 2.05 bits per heavy atom. The highest BCUT2D eigenvalue weighted by molar-refractivity contribution is 5.21. The van der Waals surface area contributed by atoms with Crippen LogP contribution in [0.15, 0.2) is 36.4 Å². The van der Waals surface area contributed by atoms with Crippen LogP contribution < -0.4 is 10.1 Å². The largest absolute Gasteiger partial charge is 0.492 e. The Balaban J connectivity index is 1.95. The van der Waals surface area contributed by atoms with Crippen LogP contribution >= 0.6 is 0 Å². The summed E-state index contributed by atoms with van der Waals surface area (Å²) in [5.74, 6) is 0.919. The van der Waals surface area contributed by atoms with Gasteiger partial charge in [0.2, 0.25) is 0 Å². The molecule has 0 spiro atoms. The van der Waals surface area contributed by atoms with Crippen molar-refractivity contribution in [1.29, 1.82) is 0 Å². The number of rotatable bonds is 8. The van der Waals surface area contributed by atoms with Crippen molar-refractivity contribution in [2.45, 2.75) is 32.7 Å². The lowest BCUT2D eigenvalue weighted by molar-refractivity contribution is 0.261. The Morgan fingerprint density at radius 3 is 2.67 bits per heavy atom. The van der Waals surface area contributed by atoms with E-state index in [-0.39, 0.29) is 0 Å². The highest BCUT2D eigenvalue weighted by Crippen LogP contribution is 2.11. The number of nitrogens with one attached hydrogen (secondary N) is 1. The van der Waals surface area contributed by atoms with Crippen molar-refractivity contribution < 1.29 is 4.74 Å². The van der Waals surface area contributed by atoms with Gasteiger partial charge in [0.05, 0.1) is 5.69 Å². The molecular weight excluding hydrogens is 262 g/mol. The van der Waals surface area contributed by atoms with Crippen LogP contribution in [0.4, 0.5) is 0 Å². The maximum atomic E-state index is 5.89. The Kier molecular flexibility index (Phi) is 5.81. The van der Waals surface area contributed by atoms with Crippen LogP contribution in [0.1, 0.15) is 24.7 Å². The maximum Gasteiger partial charge on any atom is 0.119 e. The van der Waals surface area contributed by atoms with Gasteiger partial charge >= 0.3 is 0 Å². The lowest BCUT2D eigenvalue weighted by Crippen LogP contribution is -2.37. The molecule has 0 aliphatic heterocycles. The second-order valence-corrected chi connectivity index (χ2v) is 5.38. The average molecular weight is 287 g/mol. The molecule has 0 amide bonds. The summed E-state index contributed by atoms with van der Waals surface area (Å²) in [5, 5.41) is 7.97. The van der Waals surface area contributed by atoms with E-state index < -0.39 is 0 Å². The monoisotopic (exact) mass is 287 g/mol. The summed E-state index contributed by atoms with van der Waals surface area (Å²) in [5.41, 5.74) is 2.29. The number of para-hydroxylation sites is 1. The fourth-order valence-electron chi connectivity index (χ4n) is 2.36. The molecule has 0 fully saturated rings. The second kappa shape index (κ2) is 7.84. The fraction of sp³-hybridized carbons (Fsp3) is 0.471. The van der Waals surface area contributed by atoms with Crippen LogP contribution in [-0.2, 0) is 13.5 Å². The predicted octanol–water partition coefficient (Wildman–Crippen LogP) is 2.72. The van der Waals surface area contributed by atoms with Crippen LogP contribution in [0.5, 0.6) is 5.75 Å². The molecule has 1 N–H and O–H groups in total. The van der Waals surface area contributed by atoms with E-state index in [1.165, 1.54) is 5.69 Å². The fourth-order valence-corrected chi connectivity index (χ4v) is 2.36. The molecule has 114 valence electrons. The standard InChI is InChI=1S/C17H25N3O/c1-4-10-18-15(12-16-11-14(2)19-20(16)3)13-21-17-8-6-5-7-9-17/h5-9,11,15,18H,4,10,12-13H2,1-3H3. The zero-order chi connectivity index (χ0) is 15.1. The summed E-state index contributed by atoms with van der Waals surface area (Å²) >= 11 is 0. The number of ether oxygens (including phenoxy) is 1. The topological polar surface area (TPSA) is 39.1 Å². The number of hydrogen-bond donors (Lipinski definition) is 1. The zero-order valence-corrected chi connectivity index (χ0v) is 13.2. The van der Waals surface area contributed by atoms with Crippen molar-refractivity contribution in [2.24, 2.45) is 7.05 Å². The van der Waals surface area contributed by atoms with E-state index in [1.807, 2.05) is 49.0 Å². The molecule has 2 aromatic rings. The molecule has 0 saturated heterocycles. The van der Waals surface area contributed by atoms with E-state index in [4.69, 9.17) is 4.74 Å². The number of benzene rings is 1. The van der Waals surface area contributed by atoms with Crippen molar-refractivity contribution in [2.75, 3.05) is 13.2 Å². The first kappa shape index (κ1) is 15.6. The maximum absolute atomic E-state index is 5.89. The van der Waals surface area contributed by atoms with Gasteiger partial charge in [-0.3, -0.25) is 4.68 Å². The van der Waals surface area contributed by atoms with Gasteiger partial charge in [-0.1, -0.05) is 25.1 Å². The number of hydrogen-bond acceptors (Lipinski definition) is 3. The van der Waals surface area contributed by atoms with Crippen molar-refractivity contribution in [3.05, 3.63) is 47.8 Å². The molecule has 0 aliphatic rings. The van der Waals surface area contributed by atoms with Crippen LogP contribution in [0.3, 0.4) is 0 Å². The quantitative estimate of drug-likeness (QED) is 0.811. The molecule has 0 bridgehead atoms. The molecule has 4 nitrogen and oxygen atoms in total. The van der Waals surface area contributed by atoms with Gasteiger partial charge in [-0.05, 0) is 38.1 Å². The first-order valence-electron chi connectivity index (χ1n) is 7.59. The van der Waals surface area contributed by atoms with E-state index in [0.29, 0.717) is 12.6 Å². The summed E-state index contributed by atoms with van der Waals surface area (Å²) in [7, 11) is 2.00. The molecular formula is C17H25N3O. The molecule has 1 heterocycles. The number of aryl methyl sites for hydroxylation is 2. The van der Waals surface area contributed by atoms with Crippen molar-refractivity contribution >= 4 is 0 Å². The third kappa shape index (κ3) is 4.90. The lowest BCUT2D eigenvalue weighted by atomic mass is 10.1. The lowest BCUT2D eigenvalue weighted by Gasteiger charge is -2.19. The third-order valence-corrected chi connectivity index (χ3v) is 3.43. The first-order chi connectivity index (χ1) is 10.2. The van der Waals surface area contributed by atoms with Crippen LogP contribution in [0.2, 0.25) is 0 Å². The Morgan fingerprint density at radius 1 is 1.29 bits per heavy atom. The van der Waals surface area contributed by atoms with E-state index in [9.17, 15) is 0 Å². The van der Waals surface area contributed by atoms with Crippen LogP contribution in [-0.4, -0.2) is 29.0 Å². The normalized spacial score (nSPS) is 12.3. The van der Waals surface area contributed by atoms with E-state index in [0.717, 1.165) is 30.8 Å². The van der Waals surface area contributed by atoms with Gasteiger partial charge in [0, 0.05) is 25.2 Å². The SMILES string of the molecule is CCCNC(COc1ccccc1)Cc1cc(C)nn1C. The zero-order valence-electron chi connectivity index (χ0n) is 13.2. The highest BCUT2D eigenvalue weighted by Gasteiger charge is 2.13. The van der Waals surface area contributed by atoms with Gasteiger partial charge in [0.1, 0.15) is 12.4 Å². The molecule has 0 radical (unpaired) electrons. The van der Waals surface area contributed by atoms with Crippen LogP contribution in [0, 0.1) is 6.92 Å². The van der Waals surface area contributed by atoms with Gasteiger partial charge in [-0.2, -0.15) is 5.10 Å². The van der Waals surface area contributed by atoms with Gasteiger partial charge in [-0.25, -0.2) is 0 Å². The number of nitrogens with zero attached hydrogens (tertiary/aromatic N) is 2. The van der Waals surface area contributed by atoms with E-state index >= 15 is 0 Å². The van der Waals surface area contributed by atoms with Crippen molar-refractivity contribution in [3.8, 4) is 5.75 Å². The minimum atomic E-state index is 0.292. The van der Waals surface area contributed by atoms with Gasteiger partial charge in [0.15, 0.2) is 0 Å². The molecule has 1 atom stereocenters. The Hall–Kier alpha value is -1.81. The summed E-state index contributed by atoms with van der Waals surface area (Å²) in [4.78, 5) is 0. The summed E-state index contributed by atoms with van der Waals surface area (Å²) in [6.07, 6.45) is 2.04. The highest BCUT2D eigenvalue weighted by atomic mass is 16.5. The molecule has 1 aromatic heterocycles.